The van der Waals surface area contributed by atoms with Crippen LogP contribution in [-0.4, -0.2) is 33.8 Å². The van der Waals surface area contributed by atoms with Gasteiger partial charge in [0.2, 0.25) is 0 Å². The van der Waals surface area contributed by atoms with Crippen molar-refractivity contribution in [2.24, 2.45) is 5.10 Å². The first kappa shape index (κ1) is 17.1. The van der Waals surface area contributed by atoms with Gasteiger partial charge in [-0.1, -0.05) is 6.07 Å². The van der Waals surface area contributed by atoms with Crippen molar-refractivity contribution < 1.29 is 12.7 Å². The zero-order valence-corrected chi connectivity index (χ0v) is 13.4. The zero-order valence-electron chi connectivity index (χ0n) is 9.16. The summed E-state index contributed by atoms with van der Waals surface area (Å²) in [6.45, 7) is 0. The average molecular weight is 356 g/mol. The van der Waals surface area contributed by atoms with E-state index < -0.39 is 0 Å². The second-order valence-corrected chi connectivity index (χ2v) is 5.71. The first-order valence-electron chi connectivity index (χ1n) is 4.26. The number of thiol groups is 1. The van der Waals surface area contributed by atoms with Gasteiger partial charge in [-0.3, -0.25) is 4.98 Å². The zero-order chi connectivity index (χ0) is 13.1. The summed E-state index contributed by atoms with van der Waals surface area (Å²) >= 11 is 6.35. The van der Waals surface area contributed by atoms with Gasteiger partial charge in [0.05, 0.1) is 11.9 Å². The van der Waals surface area contributed by atoms with E-state index in [0.29, 0.717) is 12.7 Å². The minimum absolute atomic E-state index is 0.569. The van der Waals surface area contributed by atoms with Crippen molar-refractivity contribution in [3.8, 4) is 0 Å². The molecular weight excluding hydrogens is 344 g/mol. The van der Waals surface area contributed by atoms with Gasteiger partial charge in [-0.15, -0.1) is 0 Å². The van der Waals surface area contributed by atoms with Crippen LogP contribution >= 0.6 is 32.2 Å². The molecule has 0 atom stereocenters. The Labute approximate surface area is 125 Å². The molecule has 0 amide bonds. The van der Waals surface area contributed by atoms with Crippen LogP contribution in [0.15, 0.2) is 29.5 Å². The summed E-state index contributed by atoms with van der Waals surface area (Å²) in [5.41, 5.74) is 0.835. The average Bonchev–Trinajstić information content (AvgIpc) is 2.37. The van der Waals surface area contributed by atoms with Gasteiger partial charge < -0.3 is 0 Å². The third-order valence-corrected chi connectivity index (χ3v) is 2.98. The Morgan fingerprint density at radius 2 is 2.24 bits per heavy atom. The van der Waals surface area contributed by atoms with E-state index in [4.69, 9.17) is 20.4 Å². The molecule has 8 heteroatoms. The van der Waals surface area contributed by atoms with Crippen LogP contribution in [0.5, 0.6) is 0 Å². The second kappa shape index (κ2) is 11.2. The number of hydrazone groups is 1. The first-order valence-corrected chi connectivity index (χ1v) is 8.65. The van der Waals surface area contributed by atoms with Crippen molar-refractivity contribution in [2.45, 2.75) is 0 Å². The molecule has 0 radical (unpaired) electrons. The van der Waals surface area contributed by atoms with Gasteiger partial charge in [0.1, 0.15) is 0 Å². The first-order chi connectivity index (χ1) is 8.15. The van der Waals surface area contributed by atoms with Crippen molar-refractivity contribution in [1.29, 1.82) is 0 Å². The number of rotatable bonds is 2. The summed E-state index contributed by atoms with van der Waals surface area (Å²) in [6.07, 6.45) is 5.39. The molecule has 0 saturated heterocycles. The molecule has 1 aromatic heterocycles. The van der Waals surface area contributed by atoms with Gasteiger partial charge in [0.25, 0.3) is 0 Å². The number of thioether (sulfide) groups is 1. The maximum atomic E-state index is 4.70. The van der Waals surface area contributed by atoms with E-state index in [1.807, 2.05) is 31.5 Å². The summed E-state index contributed by atoms with van der Waals surface area (Å²) in [7, 11) is 11.2. The van der Waals surface area contributed by atoms with Crippen molar-refractivity contribution in [1.82, 2.24) is 9.99 Å². The third kappa shape index (κ3) is 8.80. The molecule has 3 nitrogen and oxygen atoms in total. The number of halogens is 2. The Morgan fingerprint density at radius 1 is 1.59 bits per heavy atom. The number of hydrogen-bond acceptors (Lipinski definition) is 3. The van der Waals surface area contributed by atoms with E-state index in [1.54, 1.807) is 29.2 Å². The van der Waals surface area contributed by atoms with Crippen LogP contribution in [0, 0.1) is 0 Å². The van der Waals surface area contributed by atoms with Crippen molar-refractivity contribution in [2.75, 3.05) is 13.3 Å². The van der Waals surface area contributed by atoms with E-state index >= 15 is 0 Å². The molecule has 1 aromatic rings. The fourth-order valence-electron chi connectivity index (χ4n) is 0.780. The molecule has 0 aliphatic rings. The number of aromatic nitrogens is 1. The van der Waals surface area contributed by atoms with Crippen molar-refractivity contribution in [3.63, 3.8) is 0 Å². The summed E-state index contributed by atoms with van der Waals surface area (Å²) in [5.74, 6) is 0. The van der Waals surface area contributed by atoms with E-state index in [-0.39, 0.29) is 0 Å². The fourth-order valence-corrected chi connectivity index (χ4v) is 1.14. The molecule has 0 aliphatic carbocycles. The van der Waals surface area contributed by atoms with Crippen LogP contribution in [0.1, 0.15) is 5.69 Å². The second-order valence-electron chi connectivity index (χ2n) is 2.55. The van der Waals surface area contributed by atoms with Crippen LogP contribution in [0.2, 0.25) is 0 Å². The Morgan fingerprint density at radius 3 is 2.71 bits per heavy atom. The van der Waals surface area contributed by atoms with Gasteiger partial charge in [-0.2, -0.15) is 5.10 Å². The summed E-state index contributed by atoms with van der Waals surface area (Å²) in [5, 5.41) is 5.87. The number of pyridine rings is 1. The molecule has 0 spiro atoms. The molecule has 0 N–H and O–H groups in total. The molecule has 0 bridgehead atoms. The standard InChI is InChI=1S/C9H11N3S2.2ClH.Ni/c1-12(9(13)14-2)11-7-8-5-3-4-6-10-8;;;/h3-7H,1-2H3;2*1H;/q;;;+2/p-1. The quantitative estimate of drug-likeness (QED) is 0.204. The van der Waals surface area contributed by atoms with Crippen LogP contribution in [0.4, 0.5) is 0 Å². The van der Waals surface area contributed by atoms with E-state index in [9.17, 15) is 0 Å². The van der Waals surface area contributed by atoms with Gasteiger partial charge in [0.15, 0.2) is 12.2 Å². The van der Waals surface area contributed by atoms with Crippen LogP contribution in [0.25, 0.3) is 0 Å². The molecule has 0 unspecified atom stereocenters. The minimum atomic E-state index is 0.569. The summed E-state index contributed by atoms with van der Waals surface area (Å²) in [6, 6.07) is 5.70. The predicted molar refractivity (Wildman–Crippen MR) is 78.6 cm³/mol. The molecule has 0 aromatic carbocycles. The molecule has 0 fully saturated rings. The number of hydrogen-bond donors (Lipinski definition) is 0. The monoisotopic (exact) mass is 354 g/mol. The van der Waals surface area contributed by atoms with Gasteiger partial charge >= 0.3 is 37.4 Å². The predicted octanol–water partition coefficient (Wildman–Crippen LogP) is 2.45. The SMILES string of the molecule is CSC(=[SH+])N(C)N=Cc1ccccn1.[Cl][Ni][Cl]. The van der Waals surface area contributed by atoms with Crippen molar-refractivity contribution in [3.05, 3.63) is 30.1 Å². The molecule has 0 aliphatic heterocycles. The molecular formula is C9H12Cl2N3NiS2+. The number of nitrogens with zero attached hydrogens (tertiary/aromatic N) is 3. The van der Waals surface area contributed by atoms with Crippen molar-refractivity contribution >= 4 is 54.9 Å². The van der Waals surface area contributed by atoms with E-state index in [1.165, 1.54) is 0 Å². The maximum absolute atomic E-state index is 4.70. The fraction of sp³-hybridized carbons (Fsp3) is 0.222. The van der Waals surface area contributed by atoms with Gasteiger partial charge in [0, 0.05) is 13.2 Å². The molecule has 1 rings (SSSR count). The van der Waals surface area contributed by atoms with Crippen LogP contribution < -0.4 is 0 Å². The van der Waals surface area contributed by atoms with Gasteiger partial charge in [-0.25, -0.2) is 5.01 Å². The Hall–Kier alpha value is 0.134. The normalized spacial score (nSPS) is 9.88. The molecule has 0 saturated carbocycles. The molecule has 17 heavy (non-hydrogen) atoms. The van der Waals surface area contributed by atoms with Crippen LogP contribution in [-0.2, 0) is 24.9 Å². The van der Waals surface area contributed by atoms with Crippen LogP contribution in [0.3, 0.4) is 0 Å². The Kier molecular flexibility index (Phi) is 11.3. The molecule has 1 heterocycles. The van der Waals surface area contributed by atoms with E-state index in [2.05, 4.69) is 22.3 Å². The van der Waals surface area contributed by atoms with Gasteiger partial charge in [-0.05, 0) is 30.2 Å². The summed E-state index contributed by atoms with van der Waals surface area (Å²) < 4.78 is 0.845. The topological polar surface area (TPSA) is 28.5 Å². The summed E-state index contributed by atoms with van der Waals surface area (Å²) in [4.78, 5) is 4.12. The molecule has 98 valence electrons. The van der Waals surface area contributed by atoms with E-state index in [0.717, 1.165) is 10.0 Å². The Balaban J connectivity index is 0.000000770. The Bertz CT molecular complexity index is 351. The third-order valence-electron chi connectivity index (χ3n) is 1.51.